The molecule has 0 saturated carbocycles. The fourth-order valence-corrected chi connectivity index (χ4v) is 3.11. The average molecular weight is 399 g/mol. The number of likely N-dealkylation sites (N-methyl/N-ethyl adjacent to an activating group) is 1. The molecule has 0 spiro atoms. The Morgan fingerprint density at radius 1 is 1.07 bits per heavy atom. The van der Waals surface area contributed by atoms with Crippen LogP contribution in [-0.2, 0) is 9.59 Å². The summed E-state index contributed by atoms with van der Waals surface area (Å²) in [5, 5.41) is 5.89. The summed E-state index contributed by atoms with van der Waals surface area (Å²) in [6.07, 6.45) is 0.950. The molecule has 0 aliphatic rings. The Balaban J connectivity index is 1.82. The number of methoxy groups -OCH3 is 1. The Morgan fingerprint density at radius 2 is 1.72 bits per heavy atom. The number of nitrogens with one attached hydrogen (secondary N) is 3. The summed E-state index contributed by atoms with van der Waals surface area (Å²) in [5.41, 5.74) is 1.93. The van der Waals surface area contributed by atoms with E-state index in [0.717, 1.165) is 17.1 Å². The standard InChI is InChI=1S/C23H31N3O3/c1-5-18(19-9-7-6-8-10-19)15-24-23(28)17(2)26(3)16-22(27)25-20-11-13-21(29-4)14-12-20/h6-14,17-18H,5,15-16H2,1-4H3,(H,24,28)(H,25,27)/p+1/t17-,18-/m0/s1. The summed E-state index contributed by atoms with van der Waals surface area (Å²) < 4.78 is 5.11. The van der Waals surface area contributed by atoms with E-state index in [2.05, 4.69) is 29.7 Å². The van der Waals surface area contributed by atoms with Gasteiger partial charge in [0.05, 0.1) is 14.2 Å². The molecule has 0 aliphatic heterocycles. The van der Waals surface area contributed by atoms with Gasteiger partial charge in [0.1, 0.15) is 5.75 Å². The highest BCUT2D eigenvalue weighted by molar-refractivity contribution is 5.91. The van der Waals surface area contributed by atoms with Gasteiger partial charge < -0.3 is 20.3 Å². The van der Waals surface area contributed by atoms with E-state index >= 15 is 0 Å². The molecule has 2 rings (SSSR count). The molecule has 0 bridgehead atoms. The Labute approximate surface area is 173 Å². The molecule has 0 aliphatic carbocycles. The number of quaternary nitrogens is 1. The molecule has 0 aromatic heterocycles. The number of anilines is 1. The first-order valence-corrected chi connectivity index (χ1v) is 10.0. The molecule has 6 nitrogen and oxygen atoms in total. The van der Waals surface area contributed by atoms with Crippen molar-refractivity contribution >= 4 is 17.5 Å². The summed E-state index contributed by atoms with van der Waals surface area (Å²) >= 11 is 0. The summed E-state index contributed by atoms with van der Waals surface area (Å²) in [6.45, 7) is 4.76. The number of hydrogen-bond donors (Lipinski definition) is 3. The Morgan fingerprint density at radius 3 is 2.31 bits per heavy atom. The first-order chi connectivity index (χ1) is 13.9. The van der Waals surface area contributed by atoms with Crippen molar-refractivity contribution in [3.8, 4) is 5.75 Å². The fourth-order valence-electron chi connectivity index (χ4n) is 3.11. The molecule has 0 heterocycles. The third-order valence-electron chi connectivity index (χ3n) is 5.23. The van der Waals surface area contributed by atoms with Gasteiger partial charge in [-0.25, -0.2) is 0 Å². The van der Waals surface area contributed by atoms with Crippen LogP contribution in [0, 0.1) is 0 Å². The molecule has 1 unspecified atom stereocenters. The van der Waals surface area contributed by atoms with Gasteiger partial charge >= 0.3 is 0 Å². The van der Waals surface area contributed by atoms with Crippen molar-refractivity contribution in [3.63, 3.8) is 0 Å². The molecule has 3 N–H and O–H groups in total. The highest BCUT2D eigenvalue weighted by Crippen LogP contribution is 2.18. The summed E-state index contributed by atoms with van der Waals surface area (Å²) in [7, 11) is 3.45. The molecular weight excluding hydrogens is 366 g/mol. The molecule has 156 valence electrons. The van der Waals surface area contributed by atoms with Crippen LogP contribution in [0.2, 0.25) is 0 Å². The lowest BCUT2D eigenvalue weighted by atomic mass is 9.96. The predicted molar refractivity (Wildman–Crippen MR) is 115 cm³/mol. The van der Waals surface area contributed by atoms with Gasteiger partial charge in [0.25, 0.3) is 11.8 Å². The maximum atomic E-state index is 12.6. The Hall–Kier alpha value is -2.86. The SMILES string of the molecule is CC[C@@H](CNC(=O)[C@H](C)[NH+](C)CC(=O)Nc1ccc(OC)cc1)c1ccccc1. The normalized spacial score (nSPS) is 13.8. The van der Waals surface area contributed by atoms with Crippen molar-refractivity contribution in [1.29, 1.82) is 0 Å². The molecule has 0 saturated heterocycles. The van der Waals surface area contributed by atoms with Crippen LogP contribution in [0.15, 0.2) is 54.6 Å². The zero-order valence-corrected chi connectivity index (χ0v) is 17.7. The lowest BCUT2D eigenvalue weighted by Crippen LogP contribution is -3.15. The van der Waals surface area contributed by atoms with Crippen LogP contribution >= 0.6 is 0 Å². The molecular formula is C23H32N3O3+. The highest BCUT2D eigenvalue weighted by atomic mass is 16.5. The summed E-state index contributed by atoms with van der Waals surface area (Å²) in [4.78, 5) is 25.7. The molecule has 2 aromatic carbocycles. The number of ether oxygens (including phenoxy) is 1. The molecule has 3 atom stereocenters. The Kier molecular flexibility index (Phi) is 8.68. The first-order valence-electron chi connectivity index (χ1n) is 10.0. The molecule has 0 radical (unpaired) electrons. The monoisotopic (exact) mass is 398 g/mol. The average Bonchev–Trinajstić information content (AvgIpc) is 2.74. The van der Waals surface area contributed by atoms with E-state index in [1.165, 1.54) is 5.56 Å². The van der Waals surface area contributed by atoms with Crippen LogP contribution in [0.1, 0.15) is 31.7 Å². The van der Waals surface area contributed by atoms with Gasteiger partial charge in [0.15, 0.2) is 12.6 Å². The number of hydrogen-bond acceptors (Lipinski definition) is 3. The maximum Gasteiger partial charge on any atom is 0.279 e. The lowest BCUT2D eigenvalue weighted by Gasteiger charge is -2.22. The molecule has 2 aromatic rings. The smallest absolute Gasteiger partial charge is 0.279 e. The van der Waals surface area contributed by atoms with Crippen LogP contribution in [0.3, 0.4) is 0 Å². The van der Waals surface area contributed by atoms with E-state index in [-0.39, 0.29) is 30.3 Å². The van der Waals surface area contributed by atoms with Crippen molar-refractivity contribution in [2.24, 2.45) is 0 Å². The topological polar surface area (TPSA) is 71.9 Å². The van der Waals surface area contributed by atoms with Gasteiger partial charge in [-0.3, -0.25) is 9.59 Å². The van der Waals surface area contributed by atoms with Gasteiger partial charge in [-0.2, -0.15) is 0 Å². The second kappa shape index (κ2) is 11.2. The first kappa shape index (κ1) is 22.4. The quantitative estimate of drug-likeness (QED) is 0.572. The lowest BCUT2D eigenvalue weighted by molar-refractivity contribution is -0.885. The van der Waals surface area contributed by atoms with Crippen molar-refractivity contribution < 1.29 is 19.2 Å². The molecule has 29 heavy (non-hydrogen) atoms. The minimum Gasteiger partial charge on any atom is -0.497 e. The second-order valence-corrected chi connectivity index (χ2v) is 7.28. The zero-order chi connectivity index (χ0) is 21.2. The highest BCUT2D eigenvalue weighted by Gasteiger charge is 2.24. The third-order valence-corrected chi connectivity index (χ3v) is 5.23. The van der Waals surface area contributed by atoms with Crippen LogP contribution in [0.25, 0.3) is 0 Å². The predicted octanol–water partition coefficient (Wildman–Crippen LogP) is 1.85. The van der Waals surface area contributed by atoms with Crippen LogP contribution in [0.4, 0.5) is 5.69 Å². The number of carbonyl (C=O) groups is 2. The zero-order valence-electron chi connectivity index (χ0n) is 17.7. The van der Waals surface area contributed by atoms with Gasteiger partial charge in [-0.15, -0.1) is 0 Å². The van der Waals surface area contributed by atoms with E-state index in [4.69, 9.17) is 4.74 Å². The van der Waals surface area contributed by atoms with E-state index in [1.807, 2.05) is 32.2 Å². The van der Waals surface area contributed by atoms with E-state index in [9.17, 15) is 9.59 Å². The van der Waals surface area contributed by atoms with E-state index in [1.54, 1.807) is 31.4 Å². The molecule has 0 fully saturated rings. The van der Waals surface area contributed by atoms with Gasteiger partial charge in [-0.05, 0) is 43.2 Å². The van der Waals surface area contributed by atoms with Gasteiger partial charge in [0.2, 0.25) is 0 Å². The second-order valence-electron chi connectivity index (χ2n) is 7.28. The van der Waals surface area contributed by atoms with E-state index < -0.39 is 0 Å². The van der Waals surface area contributed by atoms with Crippen molar-refractivity contribution in [2.45, 2.75) is 32.2 Å². The van der Waals surface area contributed by atoms with E-state index in [0.29, 0.717) is 12.2 Å². The van der Waals surface area contributed by atoms with Crippen LogP contribution < -0.4 is 20.3 Å². The minimum absolute atomic E-state index is 0.0471. The van der Waals surface area contributed by atoms with Crippen LogP contribution in [-0.4, -0.2) is 45.1 Å². The third kappa shape index (κ3) is 6.91. The number of benzene rings is 2. The van der Waals surface area contributed by atoms with Crippen LogP contribution in [0.5, 0.6) is 5.75 Å². The summed E-state index contributed by atoms with van der Waals surface area (Å²) in [5.74, 6) is 0.833. The number of rotatable bonds is 10. The largest absolute Gasteiger partial charge is 0.497 e. The number of amides is 2. The van der Waals surface area contributed by atoms with Crippen molar-refractivity contribution in [1.82, 2.24) is 5.32 Å². The fraction of sp³-hybridized carbons (Fsp3) is 0.391. The minimum atomic E-state index is -0.329. The van der Waals surface area contributed by atoms with Crippen molar-refractivity contribution in [3.05, 3.63) is 60.2 Å². The maximum absolute atomic E-state index is 12.6. The van der Waals surface area contributed by atoms with Gasteiger partial charge in [-0.1, -0.05) is 37.3 Å². The molecule has 2 amide bonds. The molecule has 6 heteroatoms. The number of carbonyl (C=O) groups excluding carboxylic acids is 2. The summed E-state index contributed by atoms with van der Waals surface area (Å²) in [6, 6.07) is 17.0. The Bertz CT molecular complexity index is 778. The van der Waals surface area contributed by atoms with Gasteiger partial charge in [0, 0.05) is 18.2 Å². The van der Waals surface area contributed by atoms with Crippen molar-refractivity contribution in [2.75, 3.05) is 32.6 Å².